The molecule has 1 aliphatic carbocycles. The molecule has 0 radical (unpaired) electrons. The lowest BCUT2D eigenvalue weighted by atomic mass is 9.78. The van der Waals surface area contributed by atoms with Crippen molar-refractivity contribution >= 4 is 17.8 Å². The molecule has 11 heteroatoms. The Balaban J connectivity index is 1.22. The highest BCUT2D eigenvalue weighted by molar-refractivity contribution is 5.80. The van der Waals surface area contributed by atoms with Crippen molar-refractivity contribution in [1.29, 1.82) is 0 Å². The monoisotopic (exact) mass is 760 g/mol. The zero-order chi connectivity index (χ0) is 39.5. The number of alkyl halides is 3. The molecule has 4 atom stereocenters. The smallest absolute Gasteiger partial charge is 0.416 e. The Morgan fingerprint density at radius 2 is 1.45 bits per heavy atom. The Labute approximate surface area is 320 Å². The zero-order valence-corrected chi connectivity index (χ0v) is 31.4. The number of carbonyl (C=O) groups excluding carboxylic acids is 3. The SMILES string of the molecule is CC(=O)NC1CC(C)CC(CC(=O)OCc2ccc(OCCCN(C(=O)Cc3ccc(F)cc3)C(c3ccc(C)cc3)c3ccc(C(F)(F)F)cc3)cc2)C1. The second-order valence-electron chi connectivity index (χ2n) is 14.6. The number of benzene rings is 4. The zero-order valence-electron chi connectivity index (χ0n) is 31.4. The van der Waals surface area contributed by atoms with Crippen molar-refractivity contribution in [3.63, 3.8) is 0 Å². The molecule has 4 aromatic rings. The van der Waals surface area contributed by atoms with Crippen LogP contribution in [0.4, 0.5) is 17.6 Å². The van der Waals surface area contributed by atoms with Crippen molar-refractivity contribution in [2.45, 2.75) is 84.2 Å². The van der Waals surface area contributed by atoms with Gasteiger partial charge in [0.25, 0.3) is 0 Å². The summed E-state index contributed by atoms with van der Waals surface area (Å²) in [5.74, 6) is 0.102. The summed E-state index contributed by atoms with van der Waals surface area (Å²) in [6.45, 7) is 6.14. The predicted octanol–water partition coefficient (Wildman–Crippen LogP) is 9.16. The molecule has 0 aliphatic heterocycles. The van der Waals surface area contributed by atoms with Crippen LogP contribution in [0.15, 0.2) is 97.1 Å². The van der Waals surface area contributed by atoms with Crippen LogP contribution in [0.2, 0.25) is 0 Å². The number of rotatable bonds is 15. The molecule has 5 rings (SSSR count). The van der Waals surface area contributed by atoms with Crippen LogP contribution in [0.25, 0.3) is 0 Å². The number of carbonyl (C=O) groups is 3. The summed E-state index contributed by atoms with van der Waals surface area (Å²) < 4.78 is 65.7. The van der Waals surface area contributed by atoms with E-state index in [9.17, 15) is 31.9 Å². The first-order valence-corrected chi connectivity index (χ1v) is 18.7. The molecule has 4 aromatic carbocycles. The Morgan fingerprint density at radius 3 is 2.07 bits per heavy atom. The lowest BCUT2D eigenvalue weighted by Gasteiger charge is -2.33. The second kappa shape index (κ2) is 18.9. The normalized spacial score (nSPS) is 17.5. The number of nitrogens with zero attached hydrogens (tertiary/aromatic N) is 1. The van der Waals surface area contributed by atoms with Crippen LogP contribution in [-0.2, 0) is 38.3 Å². The largest absolute Gasteiger partial charge is 0.494 e. The van der Waals surface area contributed by atoms with Crippen LogP contribution in [0, 0.1) is 24.6 Å². The van der Waals surface area contributed by atoms with E-state index in [0.717, 1.165) is 48.1 Å². The van der Waals surface area contributed by atoms with Crippen LogP contribution < -0.4 is 10.1 Å². The van der Waals surface area contributed by atoms with E-state index in [-0.39, 0.29) is 55.9 Å². The number of nitrogens with one attached hydrogen (secondary N) is 1. The van der Waals surface area contributed by atoms with E-state index in [1.165, 1.54) is 31.2 Å². The minimum atomic E-state index is -4.51. The molecular formula is C44H48F4N2O5. The van der Waals surface area contributed by atoms with Crippen LogP contribution >= 0.6 is 0 Å². The van der Waals surface area contributed by atoms with Crippen molar-refractivity contribution < 1.29 is 41.4 Å². The van der Waals surface area contributed by atoms with Crippen molar-refractivity contribution in [2.24, 2.45) is 11.8 Å². The topological polar surface area (TPSA) is 84.9 Å². The van der Waals surface area contributed by atoms with E-state index in [1.54, 1.807) is 29.2 Å². The highest BCUT2D eigenvalue weighted by Gasteiger charge is 2.32. The standard InChI is InChI=1S/C44H48F4N2O5/c1-29-5-11-35(12-6-29)43(36-13-15-37(16-14-36)44(46,47)48)50(41(52)26-32-7-17-38(45)18-8-32)21-4-22-54-40-19-9-33(10-20-40)28-55-42(53)27-34-23-30(2)24-39(25-34)49-31(3)51/h5-20,30,34,39,43H,4,21-28H2,1-3H3,(H,49,51). The van der Waals surface area contributed by atoms with Crippen LogP contribution in [0.1, 0.15) is 85.4 Å². The number of ether oxygens (including phenoxy) is 2. The summed E-state index contributed by atoms with van der Waals surface area (Å²) in [7, 11) is 0. The average Bonchev–Trinajstić information content (AvgIpc) is 3.13. The minimum absolute atomic E-state index is 0.0342. The van der Waals surface area contributed by atoms with Crippen LogP contribution in [-0.4, -0.2) is 41.9 Å². The van der Waals surface area contributed by atoms with Crippen LogP contribution in [0.5, 0.6) is 5.75 Å². The molecule has 0 bridgehead atoms. The fraction of sp³-hybridized carbons (Fsp3) is 0.386. The Kier molecular flexibility index (Phi) is 14.1. The van der Waals surface area contributed by atoms with Gasteiger partial charge >= 0.3 is 12.1 Å². The number of aryl methyl sites for hydroxylation is 1. The summed E-state index contributed by atoms with van der Waals surface area (Å²) >= 11 is 0. The van der Waals surface area contributed by atoms with Gasteiger partial charge in [-0.2, -0.15) is 13.2 Å². The van der Waals surface area contributed by atoms with E-state index in [1.807, 2.05) is 43.3 Å². The summed E-state index contributed by atoms with van der Waals surface area (Å²) in [6, 6.07) is 24.6. The highest BCUT2D eigenvalue weighted by atomic mass is 19.4. The first-order chi connectivity index (χ1) is 26.2. The average molecular weight is 761 g/mol. The maximum Gasteiger partial charge on any atom is 0.416 e. The summed E-state index contributed by atoms with van der Waals surface area (Å²) in [5, 5.41) is 2.98. The molecule has 1 saturated carbocycles. The minimum Gasteiger partial charge on any atom is -0.494 e. The van der Waals surface area contributed by atoms with Gasteiger partial charge in [0.2, 0.25) is 11.8 Å². The second-order valence-corrected chi connectivity index (χ2v) is 14.6. The molecule has 55 heavy (non-hydrogen) atoms. The molecular weight excluding hydrogens is 712 g/mol. The quantitative estimate of drug-likeness (QED) is 0.0743. The van der Waals surface area contributed by atoms with Gasteiger partial charge in [0.1, 0.15) is 18.2 Å². The molecule has 7 nitrogen and oxygen atoms in total. The number of amides is 2. The number of hydrogen-bond acceptors (Lipinski definition) is 5. The summed E-state index contributed by atoms with van der Waals surface area (Å²) in [5.41, 5.74) is 2.86. The van der Waals surface area contributed by atoms with Gasteiger partial charge in [-0.1, -0.05) is 73.2 Å². The van der Waals surface area contributed by atoms with Crippen molar-refractivity contribution in [1.82, 2.24) is 10.2 Å². The fourth-order valence-electron chi connectivity index (χ4n) is 7.31. The van der Waals surface area contributed by atoms with Gasteiger partial charge in [0, 0.05) is 25.9 Å². The summed E-state index contributed by atoms with van der Waals surface area (Å²) in [4.78, 5) is 39.9. The van der Waals surface area contributed by atoms with Crippen molar-refractivity contribution in [2.75, 3.05) is 13.2 Å². The third kappa shape index (κ3) is 12.4. The predicted molar refractivity (Wildman–Crippen MR) is 201 cm³/mol. The molecule has 0 spiro atoms. The van der Waals surface area contributed by atoms with E-state index in [4.69, 9.17) is 9.47 Å². The van der Waals surface area contributed by atoms with Gasteiger partial charge in [-0.3, -0.25) is 14.4 Å². The summed E-state index contributed by atoms with van der Waals surface area (Å²) in [6.07, 6.45) is -1.26. The van der Waals surface area contributed by atoms with Crippen molar-refractivity contribution in [3.8, 4) is 5.75 Å². The molecule has 4 unspecified atom stereocenters. The van der Waals surface area contributed by atoms with E-state index in [2.05, 4.69) is 12.2 Å². The lowest BCUT2D eigenvalue weighted by molar-refractivity contribution is -0.146. The third-order valence-corrected chi connectivity index (χ3v) is 9.89. The first-order valence-electron chi connectivity index (χ1n) is 18.7. The number of esters is 1. The molecule has 1 N–H and O–H groups in total. The van der Waals surface area contributed by atoms with E-state index < -0.39 is 23.6 Å². The maximum absolute atomic E-state index is 14.0. The van der Waals surface area contributed by atoms with Gasteiger partial charge in [0.05, 0.1) is 24.6 Å². The maximum atomic E-state index is 14.0. The Hall–Kier alpha value is -5.19. The first kappa shape index (κ1) is 41.0. The lowest BCUT2D eigenvalue weighted by Crippen LogP contribution is -2.39. The van der Waals surface area contributed by atoms with Gasteiger partial charge in [0.15, 0.2) is 0 Å². The molecule has 2 amide bonds. The van der Waals surface area contributed by atoms with E-state index >= 15 is 0 Å². The molecule has 0 heterocycles. The van der Waals surface area contributed by atoms with Gasteiger partial charge in [-0.15, -0.1) is 0 Å². The van der Waals surface area contributed by atoms with Gasteiger partial charge < -0.3 is 19.7 Å². The van der Waals surface area contributed by atoms with E-state index in [0.29, 0.717) is 35.6 Å². The number of hydrogen-bond donors (Lipinski definition) is 1. The fourth-order valence-corrected chi connectivity index (χ4v) is 7.31. The Morgan fingerprint density at radius 1 is 0.836 bits per heavy atom. The molecule has 0 aromatic heterocycles. The van der Waals surface area contributed by atoms with Crippen molar-refractivity contribution in [3.05, 3.63) is 136 Å². The van der Waals surface area contributed by atoms with Gasteiger partial charge in [-0.25, -0.2) is 4.39 Å². The molecule has 1 fully saturated rings. The number of halogens is 4. The molecule has 292 valence electrons. The third-order valence-electron chi connectivity index (χ3n) is 9.89. The molecule has 1 aliphatic rings. The van der Waals surface area contributed by atoms with Gasteiger partial charge in [-0.05, 0) is 103 Å². The Bertz CT molecular complexity index is 1860. The molecule has 0 saturated heterocycles. The highest BCUT2D eigenvalue weighted by Crippen LogP contribution is 2.35. The van der Waals surface area contributed by atoms with Crippen LogP contribution in [0.3, 0.4) is 0 Å².